The van der Waals surface area contributed by atoms with Crippen molar-refractivity contribution in [2.75, 3.05) is 0 Å². The van der Waals surface area contributed by atoms with Crippen molar-refractivity contribution in [3.8, 4) is 11.3 Å². The highest BCUT2D eigenvalue weighted by Gasteiger charge is 2.02. The highest BCUT2D eigenvalue weighted by molar-refractivity contribution is 6.29. The van der Waals surface area contributed by atoms with E-state index in [9.17, 15) is 0 Å². The van der Waals surface area contributed by atoms with Crippen LogP contribution < -0.4 is 0 Å². The number of aromatic nitrogens is 2. The van der Waals surface area contributed by atoms with Crippen LogP contribution in [0.5, 0.6) is 0 Å². The lowest BCUT2D eigenvalue weighted by atomic mass is 10.0. The molecule has 0 spiro atoms. The monoisotopic (exact) mass is 246 g/mol. The molecule has 1 aromatic heterocycles. The Kier molecular flexibility index (Phi) is 3.75. The fourth-order valence-corrected chi connectivity index (χ4v) is 1.85. The predicted octanol–water partition coefficient (Wildman–Crippen LogP) is 4.00. The van der Waals surface area contributed by atoms with Gasteiger partial charge in [0.25, 0.3) is 0 Å². The fourth-order valence-electron chi connectivity index (χ4n) is 1.75. The molecular weight excluding hydrogens is 232 g/mol. The molecule has 0 saturated carbocycles. The minimum absolute atomic E-state index is 0.421. The highest BCUT2D eigenvalue weighted by atomic mass is 35.5. The van der Waals surface area contributed by atoms with E-state index in [0.29, 0.717) is 11.1 Å². The summed E-state index contributed by atoms with van der Waals surface area (Å²) in [5.41, 5.74) is 3.28. The first-order chi connectivity index (χ1) is 8.15. The lowest BCUT2D eigenvalue weighted by Crippen LogP contribution is -1.94. The molecule has 2 aromatic rings. The van der Waals surface area contributed by atoms with Gasteiger partial charge in [0, 0.05) is 5.56 Å². The third-order valence-corrected chi connectivity index (χ3v) is 2.73. The summed E-state index contributed by atoms with van der Waals surface area (Å²) in [6, 6.07) is 12.1. The molecule has 0 aliphatic heterocycles. The minimum atomic E-state index is 0.421. The van der Waals surface area contributed by atoms with Crippen molar-refractivity contribution in [3.63, 3.8) is 0 Å². The van der Waals surface area contributed by atoms with E-state index in [0.717, 1.165) is 17.7 Å². The van der Waals surface area contributed by atoms with Gasteiger partial charge in [-0.1, -0.05) is 49.7 Å². The zero-order valence-electron chi connectivity index (χ0n) is 10.0. The topological polar surface area (TPSA) is 25.8 Å². The predicted molar refractivity (Wildman–Crippen MR) is 71.0 cm³/mol. The van der Waals surface area contributed by atoms with Crippen molar-refractivity contribution < 1.29 is 0 Å². The first-order valence-electron chi connectivity index (χ1n) is 5.73. The molecule has 0 aliphatic carbocycles. The summed E-state index contributed by atoms with van der Waals surface area (Å²) >= 11 is 5.71. The zero-order chi connectivity index (χ0) is 12.3. The lowest BCUT2D eigenvalue weighted by Gasteiger charge is -2.06. The summed E-state index contributed by atoms with van der Waals surface area (Å²) in [6.07, 6.45) is 1.10. The van der Waals surface area contributed by atoms with E-state index in [-0.39, 0.29) is 0 Å². The summed E-state index contributed by atoms with van der Waals surface area (Å²) in [5, 5.41) is 8.32. The summed E-state index contributed by atoms with van der Waals surface area (Å²) < 4.78 is 0. The Morgan fingerprint density at radius 2 is 1.71 bits per heavy atom. The van der Waals surface area contributed by atoms with Crippen LogP contribution in [-0.4, -0.2) is 10.2 Å². The Hall–Kier alpha value is -1.41. The maximum Gasteiger partial charge on any atom is 0.151 e. The largest absolute Gasteiger partial charge is 0.151 e. The van der Waals surface area contributed by atoms with Gasteiger partial charge in [-0.2, -0.15) is 0 Å². The van der Waals surface area contributed by atoms with Gasteiger partial charge in [-0.05, 0) is 30.0 Å². The van der Waals surface area contributed by atoms with Gasteiger partial charge in [-0.15, -0.1) is 10.2 Å². The van der Waals surface area contributed by atoms with Crippen molar-refractivity contribution in [2.24, 2.45) is 5.92 Å². The molecule has 0 fully saturated rings. The van der Waals surface area contributed by atoms with E-state index in [4.69, 9.17) is 11.6 Å². The number of hydrogen-bond acceptors (Lipinski definition) is 2. The SMILES string of the molecule is CC(C)Cc1ccc(-c2ccc(Cl)nn2)cc1. The molecule has 0 bridgehead atoms. The summed E-state index contributed by atoms with van der Waals surface area (Å²) in [5.74, 6) is 0.677. The number of rotatable bonds is 3. The van der Waals surface area contributed by atoms with Crippen molar-refractivity contribution in [2.45, 2.75) is 20.3 Å². The van der Waals surface area contributed by atoms with E-state index >= 15 is 0 Å². The number of hydrogen-bond donors (Lipinski definition) is 0. The standard InChI is InChI=1S/C14H15ClN2/c1-10(2)9-11-3-5-12(6-4-11)13-7-8-14(15)17-16-13/h3-8,10H,9H2,1-2H3. The minimum Gasteiger partial charge on any atom is -0.149 e. The third kappa shape index (κ3) is 3.27. The van der Waals surface area contributed by atoms with Crippen LogP contribution in [0.2, 0.25) is 5.15 Å². The lowest BCUT2D eigenvalue weighted by molar-refractivity contribution is 0.647. The summed E-state index contributed by atoms with van der Waals surface area (Å²) in [7, 11) is 0. The van der Waals surface area contributed by atoms with Gasteiger partial charge in [0.05, 0.1) is 5.69 Å². The van der Waals surface area contributed by atoms with Gasteiger partial charge in [0.2, 0.25) is 0 Å². The smallest absolute Gasteiger partial charge is 0.149 e. The second-order valence-electron chi connectivity index (χ2n) is 4.54. The van der Waals surface area contributed by atoms with Crippen LogP contribution >= 0.6 is 11.6 Å². The van der Waals surface area contributed by atoms with Gasteiger partial charge in [-0.25, -0.2) is 0 Å². The zero-order valence-corrected chi connectivity index (χ0v) is 10.8. The van der Waals surface area contributed by atoms with Crippen molar-refractivity contribution in [1.29, 1.82) is 0 Å². The molecular formula is C14H15ClN2. The first kappa shape index (κ1) is 12.1. The van der Waals surface area contributed by atoms with Crippen LogP contribution in [-0.2, 0) is 6.42 Å². The molecule has 1 heterocycles. The summed E-state index contributed by atoms with van der Waals surface area (Å²) in [4.78, 5) is 0. The number of nitrogens with zero attached hydrogens (tertiary/aromatic N) is 2. The van der Waals surface area contributed by atoms with Gasteiger partial charge in [-0.3, -0.25) is 0 Å². The average Bonchev–Trinajstić information content (AvgIpc) is 2.30. The third-order valence-electron chi connectivity index (χ3n) is 2.53. The van der Waals surface area contributed by atoms with Crippen molar-refractivity contribution in [3.05, 3.63) is 47.1 Å². The van der Waals surface area contributed by atoms with E-state index in [1.807, 2.05) is 6.07 Å². The molecule has 0 N–H and O–H groups in total. The second kappa shape index (κ2) is 5.28. The Morgan fingerprint density at radius 1 is 1.00 bits per heavy atom. The van der Waals surface area contributed by atoms with E-state index in [1.54, 1.807) is 6.07 Å². The molecule has 0 unspecified atom stereocenters. The Morgan fingerprint density at radius 3 is 2.24 bits per heavy atom. The summed E-state index contributed by atoms with van der Waals surface area (Å²) in [6.45, 7) is 4.44. The van der Waals surface area contributed by atoms with E-state index < -0.39 is 0 Å². The average molecular weight is 247 g/mol. The van der Waals surface area contributed by atoms with Crippen LogP contribution in [0.3, 0.4) is 0 Å². The molecule has 0 saturated heterocycles. The number of halogens is 1. The van der Waals surface area contributed by atoms with Crippen LogP contribution in [0.15, 0.2) is 36.4 Å². The van der Waals surface area contributed by atoms with Gasteiger partial charge in [0.15, 0.2) is 5.15 Å². The van der Waals surface area contributed by atoms with Crippen molar-refractivity contribution in [1.82, 2.24) is 10.2 Å². The molecule has 88 valence electrons. The molecule has 0 atom stereocenters. The van der Waals surface area contributed by atoms with Crippen LogP contribution in [0.1, 0.15) is 19.4 Å². The van der Waals surface area contributed by atoms with Crippen LogP contribution in [0, 0.1) is 5.92 Å². The maximum atomic E-state index is 5.71. The number of benzene rings is 1. The van der Waals surface area contributed by atoms with Crippen LogP contribution in [0.25, 0.3) is 11.3 Å². The van der Waals surface area contributed by atoms with Gasteiger partial charge in [0.1, 0.15) is 0 Å². The molecule has 17 heavy (non-hydrogen) atoms. The Labute approximate surface area is 107 Å². The maximum absolute atomic E-state index is 5.71. The van der Waals surface area contributed by atoms with E-state index in [1.165, 1.54) is 5.56 Å². The van der Waals surface area contributed by atoms with Crippen LogP contribution in [0.4, 0.5) is 0 Å². The molecule has 1 aromatic carbocycles. The molecule has 0 aliphatic rings. The van der Waals surface area contributed by atoms with Gasteiger partial charge < -0.3 is 0 Å². The normalized spacial score (nSPS) is 10.8. The van der Waals surface area contributed by atoms with Crippen molar-refractivity contribution >= 4 is 11.6 Å². The molecule has 2 nitrogen and oxygen atoms in total. The highest BCUT2D eigenvalue weighted by Crippen LogP contribution is 2.19. The molecule has 3 heteroatoms. The molecule has 2 rings (SSSR count). The van der Waals surface area contributed by atoms with E-state index in [2.05, 4.69) is 48.3 Å². The first-order valence-corrected chi connectivity index (χ1v) is 6.11. The Balaban J connectivity index is 2.20. The fraction of sp³-hybridized carbons (Fsp3) is 0.286. The quantitative estimate of drug-likeness (QED) is 0.818. The Bertz CT molecular complexity index is 475. The van der Waals surface area contributed by atoms with Gasteiger partial charge >= 0.3 is 0 Å². The molecule has 0 radical (unpaired) electrons. The molecule has 0 amide bonds. The second-order valence-corrected chi connectivity index (χ2v) is 4.92.